The zero-order chi connectivity index (χ0) is 20.1. The summed E-state index contributed by atoms with van der Waals surface area (Å²) in [4.78, 5) is 23.9. The van der Waals surface area contributed by atoms with Crippen LogP contribution in [0.1, 0.15) is 26.7 Å². The van der Waals surface area contributed by atoms with Gasteiger partial charge in [-0.25, -0.2) is 0 Å². The lowest BCUT2D eigenvalue weighted by Gasteiger charge is -2.09. The molecule has 3 rings (SSSR count). The number of benzene rings is 1. The van der Waals surface area contributed by atoms with Gasteiger partial charge in [0, 0.05) is 17.3 Å². The highest BCUT2D eigenvalue weighted by Crippen LogP contribution is 2.27. The summed E-state index contributed by atoms with van der Waals surface area (Å²) in [5.74, 6) is 0.549. The Balaban J connectivity index is 1.86. The lowest BCUT2D eigenvalue weighted by Crippen LogP contribution is -2.33. The van der Waals surface area contributed by atoms with Gasteiger partial charge in [0.15, 0.2) is 0 Å². The molecule has 0 unspecified atom stereocenters. The fourth-order valence-electron chi connectivity index (χ4n) is 2.93. The molecule has 2 heterocycles. The van der Waals surface area contributed by atoms with E-state index < -0.39 is 5.97 Å². The van der Waals surface area contributed by atoms with Gasteiger partial charge >= 0.3 is 5.97 Å². The second-order valence-corrected chi connectivity index (χ2v) is 6.86. The van der Waals surface area contributed by atoms with Crippen LogP contribution in [0, 0.1) is 5.92 Å². The summed E-state index contributed by atoms with van der Waals surface area (Å²) in [6.45, 7) is 6.00. The molecule has 0 aliphatic heterocycles. The van der Waals surface area contributed by atoms with Gasteiger partial charge in [0.05, 0.1) is 6.61 Å². The number of carbonyl (C=O) groups is 2. The molecule has 8 heteroatoms. The maximum atomic E-state index is 12.4. The Bertz CT molecular complexity index is 974. The highest BCUT2D eigenvalue weighted by molar-refractivity contribution is 5.89. The molecule has 1 amide bonds. The van der Waals surface area contributed by atoms with E-state index in [4.69, 9.17) is 9.15 Å². The fourth-order valence-corrected chi connectivity index (χ4v) is 2.93. The SMILES string of the molecule is CCOC(=O)CNC(=O)Cn1c(-c2nnc(CC(C)C)o2)cc2ccccc21. The minimum absolute atomic E-state index is 0.0180. The quantitative estimate of drug-likeness (QED) is 0.599. The monoisotopic (exact) mass is 384 g/mol. The summed E-state index contributed by atoms with van der Waals surface area (Å²) in [5.41, 5.74) is 1.53. The molecular weight excluding hydrogens is 360 g/mol. The Morgan fingerprint density at radius 1 is 1.25 bits per heavy atom. The average molecular weight is 384 g/mol. The van der Waals surface area contributed by atoms with E-state index in [0.717, 1.165) is 10.9 Å². The second-order valence-electron chi connectivity index (χ2n) is 6.86. The van der Waals surface area contributed by atoms with Crippen LogP contribution in [0.25, 0.3) is 22.5 Å². The maximum absolute atomic E-state index is 12.4. The van der Waals surface area contributed by atoms with Crippen molar-refractivity contribution in [1.29, 1.82) is 0 Å². The van der Waals surface area contributed by atoms with Crippen molar-refractivity contribution in [3.05, 3.63) is 36.2 Å². The predicted molar refractivity (Wildman–Crippen MR) is 103 cm³/mol. The van der Waals surface area contributed by atoms with Gasteiger partial charge in [0.1, 0.15) is 18.8 Å². The average Bonchev–Trinajstić information content (AvgIpc) is 3.25. The summed E-state index contributed by atoms with van der Waals surface area (Å²) < 4.78 is 12.5. The lowest BCUT2D eigenvalue weighted by atomic mass is 10.1. The van der Waals surface area contributed by atoms with Crippen LogP contribution in [-0.4, -0.2) is 39.8 Å². The molecule has 0 bridgehead atoms. The maximum Gasteiger partial charge on any atom is 0.325 e. The molecular formula is C20H24N4O4. The predicted octanol–water partition coefficient (Wildman–Crippen LogP) is 2.57. The van der Waals surface area contributed by atoms with Crippen molar-refractivity contribution in [3.63, 3.8) is 0 Å². The zero-order valence-electron chi connectivity index (χ0n) is 16.3. The van der Waals surface area contributed by atoms with Crippen LogP contribution in [0.4, 0.5) is 0 Å². The van der Waals surface area contributed by atoms with E-state index in [0.29, 0.717) is 29.8 Å². The van der Waals surface area contributed by atoms with E-state index in [1.165, 1.54) is 0 Å². The number of fused-ring (bicyclic) bond motifs is 1. The van der Waals surface area contributed by atoms with Crippen LogP contribution in [-0.2, 0) is 27.3 Å². The van der Waals surface area contributed by atoms with Crippen LogP contribution >= 0.6 is 0 Å². The highest BCUT2D eigenvalue weighted by Gasteiger charge is 2.19. The molecule has 0 saturated carbocycles. The van der Waals surface area contributed by atoms with Gasteiger partial charge in [0.2, 0.25) is 11.8 Å². The van der Waals surface area contributed by atoms with Gasteiger partial charge in [0.25, 0.3) is 5.89 Å². The van der Waals surface area contributed by atoms with E-state index in [9.17, 15) is 9.59 Å². The first-order valence-corrected chi connectivity index (χ1v) is 9.31. The minimum atomic E-state index is -0.469. The van der Waals surface area contributed by atoms with Crippen molar-refractivity contribution < 1.29 is 18.7 Å². The summed E-state index contributed by atoms with van der Waals surface area (Å²) in [6.07, 6.45) is 0.688. The van der Waals surface area contributed by atoms with E-state index in [1.54, 1.807) is 6.92 Å². The number of rotatable bonds is 8. The zero-order valence-corrected chi connectivity index (χ0v) is 16.3. The van der Waals surface area contributed by atoms with E-state index in [-0.39, 0.29) is 25.6 Å². The van der Waals surface area contributed by atoms with Crippen molar-refractivity contribution in [2.24, 2.45) is 5.92 Å². The fraction of sp³-hybridized carbons (Fsp3) is 0.400. The van der Waals surface area contributed by atoms with Gasteiger partial charge in [-0.3, -0.25) is 9.59 Å². The van der Waals surface area contributed by atoms with E-state index in [2.05, 4.69) is 29.4 Å². The third-order valence-electron chi connectivity index (χ3n) is 4.12. The number of nitrogens with zero attached hydrogens (tertiary/aromatic N) is 3. The number of esters is 1. The van der Waals surface area contributed by atoms with Crippen molar-refractivity contribution in [3.8, 4) is 11.6 Å². The van der Waals surface area contributed by atoms with Crippen molar-refractivity contribution in [2.75, 3.05) is 13.2 Å². The van der Waals surface area contributed by atoms with Crippen LogP contribution in [0.5, 0.6) is 0 Å². The minimum Gasteiger partial charge on any atom is -0.465 e. The summed E-state index contributed by atoms with van der Waals surface area (Å²) in [6, 6.07) is 9.62. The Kier molecular flexibility index (Phi) is 6.08. The number of hydrogen-bond donors (Lipinski definition) is 1. The third-order valence-corrected chi connectivity index (χ3v) is 4.12. The molecule has 1 aromatic carbocycles. The molecule has 2 aromatic heterocycles. The number of amides is 1. The molecule has 0 fully saturated rings. The first-order valence-electron chi connectivity index (χ1n) is 9.31. The molecule has 0 saturated heterocycles. The molecule has 0 radical (unpaired) electrons. The van der Waals surface area contributed by atoms with Crippen molar-refractivity contribution in [2.45, 2.75) is 33.7 Å². The first kappa shape index (κ1) is 19.6. The Hall–Kier alpha value is -3.16. The number of para-hydroxylation sites is 1. The number of aromatic nitrogens is 3. The number of hydrogen-bond acceptors (Lipinski definition) is 6. The van der Waals surface area contributed by atoms with Gasteiger partial charge in [-0.1, -0.05) is 32.0 Å². The van der Waals surface area contributed by atoms with Crippen LogP contribution in [0.2, 0.25) is 0 Å². The van der Waals surface area contributed by atoms with E-state index in [1.807, 2.05) is 34.9 Å². The molecule has 0 spiro atoms. The number of nitrogens with one attached hydrogen (secondary N) is 1. The Labute approximate surface area is 162 Å². The van der Waals surface area contributed by atoms with Crippen molar-refractivity contribution in [1.82, 2.24) is 20.1 Å². The second kappa shape index (κ2) is 8.69. The van der Waals surface area contributed by atoms with Gasteiger partial charge < -0.3 is 19.0 Å². The standard InChI is InChI=1S/C20H24N4O4/c1-4-27-19(26)11-21-17(25)12-24-15-8-6-5-7-14(15)10-16(24)20-23-22-18(28-20)9-13(2)3/h5-8,10,13H,4,9,11-12H2,1-3H3,(H,21,25). The molecule has 8 nitrogen and oxygen atoms in total. The number of carbonyl (C=O) groups excluding carboxylic acids is 2. The Morgan fingerprint density at radius 3 is 2.79 bits per heavy atom. The topological polar surface area (TPSA) is 99.2 Å². The molecule has 3 aromatic rings. The van der Waals surface area contributed by atoms with Gasteiger partial charge in [-0.2, -0.15) is 0 Å². The molecule has 0 aliphatic rings. The smallest absolute Gasteiger partial charge is 0.325 e. The largest absolute Gasteiger partial charge is 0.465 e. The van der Waals surface area contributed by atoms with Crippen LogP contribution in [0.3, 0.4) is 0 Å². The van der Waals surface area contributed by atoms with Gasteiger partial charge in [-0.15, -0.1) is 10.2 Å². The molecule has 0 aliphatic carbocycles. The Morgan fingerprint density at radius 2 is 2.04 bits per heavy atom. The highest BCUT2D eigenvalue weighted by atomic mass is 16.5. The molecule has 28 heavy (non-hydrogen) atoms. The normalized spacial score (nSPS) is 11.1. The lowest BCUT2D eigenvalue weighted by molar-refractivity contribution is -0.143. The molecule has 1 N–H and O–H groups in total. The third kappa shape index (κ3) is 4.57. The summed E-state index contributed by atoms with van der Waals surface area (Å²) >= 11 is 0. The molecule has 0 atom stereocenters. The van der Waals surface area contributed by atoms with Crippen LogP contribution < -0.4 is 5.32 Å². The number of ether oxygens (including phenoxy) is 1. The first-order chi connectivity index (χ1) is 13.5. The van der Waals surface area contributed by atoms with Crippen LogP contribution in [0.15, 0.2) is 34.7 Å². The summed E-state index contributed by atoms with van der Waals surface area (Å²) in [5, 5.41) is 11.8. The van der Waals surface area contributed by atoms with Crippen molar-refractivity contribution >= 4 is 22.8 Å². The molecule has 148 valence electrons. The van der Waals surface area contributed by atoms with E-state index >= 15 is 0 Å². The van der Waals surface area contributed by atoms with Gasteiger partial charge in [-0.05, 0) is 25.0 Å². The summed E-state index contributed by atoms with van der Waals surface area (Å²) in [7, 11) is 0.